The minimum atomic E-state index is -0.416. The number of methoxy groups -OCH3 is 2. The number of ether oxygens (including phenoxy) is 3. The number of esters is 1. The number of hydrogen-bond acceptors (Lipinski definition) is 5. The molecular weight excluding hydrogens is 322 g/mol. The van der Waals surface area contributed by atoms with Crippen LogP contribution in [0, 0.1) is 0 Å². The number of carbonyl (C=O) groups is 2. The molecule has 0 aliphatic carbocycles. The summed E-state index contributed by atoms with van der Waals surface area (Å²) in [6.07, 6.45) is 0.755. The topological polar surface area (TPSA) is 73.9 Å². The Morgan fingerprint density at radius 2 is 1.44 bits per heavy atom. The van der Waals surface area contributed by atoms with Crippen LogP contribution in [-0.4, -0.2) is 32.7 Å². The van der Waals surface area contributed by atoms with Crippen LogP contribution in [0.5, 0.6) is 11.5 Å². The molecule has 0 spiro atoms. The molecule has 2 aromatic carbocycles. The van der Waals surface area contributed by atoms with Gasteiger partial charge in [-0.05, 0) is 48.4 Å². The molecule has 2 aromatic rings. The third-order valence-corrected chi connectivity index (χ3v) is 3.51. The lowest BCUT2D eigenvalue weighted by Gasteiger charge is -2.07. The summed E-state index contributed by atoms with van der Waals surface area (Å²) < 4.78 is 15.1. The Bertz CT molecular complexity index is 695. The second kappa shape index (κ2) is 9.32. The Morgan fingerprint density at radius 3 is 2.00 bits per heavy atom. The van der Waals surface area contributed by atoms with Crippen LogP contribution in [0.25, 0.3) is 0 Å². The van der Waals surface area contributed by atoms with Gasteiger partial charge >= 0.3 is 5.97 Å². The molecule has 6 heteroatoms. The van der Waals surface area contributed by atoms with E-state index >= 15 is 0 Å². The van der Waals surface area contributed by atoms with Gasteiger partial charge in [0, 0.05) is 12.1 Å². The van der Waals surface area contributed by atoms with Crippen LogP contribution in [0.15, 0.2) is 48.5 Å². The predicted molar refractivity (Wildman–Crippen MR) is 93.9 cm³/mol. The fourth-order valence-electron chi connectivity index (χ4n) is 2.13. The number of amides is 1. The first-order valence-electron chi connectivity index (χ1n) is 7.83. The molecular formula is C19H21NO5. The largest absolute Gasteiger partial charge is 0.497 e. The van der Waals surface area contributed by atoms with Gasteiger partial charge in [-0.25, -0.2) is 0 Å². The van der Waals surface area contributed by atoms with Gasteiger partial charge in [0.25, 0.3) is 5.91 Å². The summed E-state index contributed by atoms with van der Waals surface area (Å²) in [7, 11) is 3.17. The van der Waals surface area contributed by atoms with Crippen LogP contribution in [0.1, 0.15) is 12.0 Å². The van der Waals surface area contributed by atoms with Gasteiger partial charge in [0.1, 0.15) is 11.5 Å². The van der Waals surface area contributed by atoms with Gasteiger partial charge in [-0.1, -0.05) is 12.1 Å². The smallest absolute Gasteiger partial charge is 0.306 e. The van der Waals surface area contributed by atoms with Gasteiger partial charge in [0.15, 0.2) is 6.61 Å². The van der Waals surface area contributed by atoms with Crippen LogP contribution in [-0.2, 0) is 20.7 Å². The van der Waals surface area contributed by atoms with Crippen LogP contribution in [0.2, 0.25) is 0 Å². The quantitative estimate of drug-likeness (QED) is 0.746. The molecule has 0 aliphatic heterocycles. The van der Waals surface area contributed by atoms with Crippen LogP contribution < -0.4 is 14.8 Å². The van der Waals surface area contributed by atoms with Crippen molar-refractivity contribution in [2.75, 3.05) is 26.1 Å². The van der Waals surface area contributed by atoms with Crippen molar-refractivity contribution >= 4 is 17.6 Å². The second-order valence-electron chi connectivity index (χ2n) is 5.29. The van der Waals surface area contributed by atoms with Crippen molar-refractivity contribution in [2.45, 2.75) is 12.8 Å². The highest BCUT2D eigenvalue weighted by atomic mass is 16.5. The lowest BCUT2D eigenvalue weighted by atomic mass is 10.1. The summed E-state index contributed by atoms with van der Waals surface area (Å²) >= 11 is 0. The molecule has 132 valence electrons. The van der Waals surface area contributed by atoms with E-state index in [1.54, 1.807) is 38.5 Å². The maximum Gasteiger partial charge on any atom is 0.306 e. The van der Waals surface area contributed by atoms with E-state index in [4.69, 9.17) is 14.2 Å². The molecule has 0 heterocycles. The number of benzene rings is 2. The van der Waals surface area contributed by atoms with E-state index in [0.717, 1.165) is 11.3 Å². The molecule has 0 aliphatic rings. The zero-order chi connectivity index (χ0) is 18.1. The van der Waals surface area contributed by atoms with E-state index in [0.29, 0.717) is 17.9 Å². The second-order valence-corrected chi connectivity index (χ2v) is 5.29. The molecule has 0 unspecified atom stereocenters. The first kappa shape index (κ1) is 18.3. The van der Waals surface area contributed by atoms with E-state index in [-0.39, 0.29) is 18.9 Å². The molecule has 0 saturated carbocycles. The summed E-state index contributed by atoms with van der Waals surface area (Å²) in [4.78, 5) is 23.5. The van der Waals surface area contributed by atoms with Gasteiger partial charge in [0.05, 0.1) is 14.2 Å². The Kier molecular flexibility index (Phi) is 6.83. The number of nitrogens with one attached hydrogen (secondary N) is 1. The fraction of sp³-hybridized carbons (Fsp3) is 0.263. The molecule has 1 amide bonds. The average molecular weight is 343 g/mol. The van der Waals surface area contributed by atoms with E-state index in [9.17, 15) is 9.59 Å². The van der Waals surface area contributed by atoms with Gasteiger partial charge in [-0.3, -0.25) is 9.59 Å². The van der Waals surface area contributed by atoms with E-state index < -0.39 is 5.97 Å². The molecule has 0 radical (unpaired) electrons. The van der Waals surface area contributed by atoms with Gasteiger partial charge in [0.2, 0.25) is 0 Å². The minimum absolute atomic E-state index is 0.210. The fourth-order valence-corrected chi connectivity index (χ4v) is 2.13. The first-order chi connectivity index (χ1) is 12.1. The molecule has 0 saturated heterocycles. The minimum Gasteiger partial charge on any atom is -0.497 e. The van der Waals surface area contributed by atoms with E-state index in [1.807, 2.05) is 24.3 Å². The maximum absolute atomic E-state index is 11.8. The molecule has 25 heavy (non-hydrogen) atoms. The Balaban J connectivity index is 1.70. The van der Waals surface area contributed by atoms with Crippen molar-refractivity contribution in [3.05, 3.63) is 54.1 Å². The molecule has 1 N–H and O–H groups in total. The molecule has 0 atom stereocenters. The zero-order valence-electron chi connectivity index (χ0n) is 14.3. The predicted octanol–water partition coefficient (Wildman–Crippen LogP) is 2.82. The molecule has 0 fully saturated rings. The van der Waals surface area contributed by atoms with Crippen LogP contribution in [0.3, 0.4) is 0 Å². The highest BCUT2D eigenvalue weighted by Gasteiger charge is 2.08. The third-order valence-electron chi connectivity index (χ3n) is 3.51. The molecule has 2 rings (SSSR count). The van der Waals surface area contributed by atoms with Crippen molar-refractivity contribution in [3.8, 4) is 11.5 Å². The van der Waals surface area contributed by atoms with Crippen molar-refractivity contribution in [3.63, 3.8) is 0 Å². The van der Waals surface area contributed by atoms with Crippen molar-refractivity contribution in [1.29, 1.82) is 0 Å². The highest BCUT2D eigenvalue weighted by Crippen LogP contribution is 2.15. The normalized spacial score (nSPS) is 10.0. The van der Waals surface area contributed by atoms with Gasteiger partial charge < -0.3 is 19.5 Å². The lowest BCUT2D eigenvalue weighted by Crippen LogP contribution is -2.21. The maximum atomic E-state index is 11.8. The number of carbonyl (C=O) groups excluding carboxylic acids is 2. The number of rotatable bonds is 8. The van der Waals surface area contributed by atoms with Gasteiger partial charge in [-0.2, -0.15) is 0 Å². The Hall–Kier alpha value is -3.02. The average Bonchev–Trinajstić information content (AvgIpc) is 2.65. The summed E-state index contributed by atoms with van der Waals surface area (Å²) in [6.45, 7) is -0.312. The van der Waals surface area contributed by atoms with Crippen LogP contribution >= 0.6 is 0 Å². The summed E-state index contributed by atoms with van der Waals surface area (Å²) in [5.41, 5.74) is 1.61. The lowest BCUT2D eigenvalue weighted by molar-refractivity contribution is -0.147. The highest BCUT2D eigenvalue weighted by molar-refractivity contribution is 5.92. The number of anilines is 1. The van der Waals surface area contributed by atoms with E-state index in [1.165, 1.54) is 0 Å². The van der Waals surface area contributed by atoms with Crippen molar-refractivity contribution in [2.24, 2.45) is 0 Å². The zero-order valence-corrected chi connectivity index (χ0v) is 14.3. The monoisotopic (exact) mass is 343 g/mol. The SMILES string of the molecule is COc1ccc(CCC(=O)OCC(=O)Nc2ccc(OC)cc2)cc1. The number of hydrogen-bond donors (Lipinski definition) is 1. The summed E-state index contributed by atoms with van der Waals surface area (Å²) in [5, 5.41) is 2.65. The Labute approximate surface area is 146 Å². The molecule has 6 nitrogen and oxygen atoms in total. The number of aryl methyl sites for hydroxylation is 1. The summed E-state index contributed by atoms with van der Waals surface area (Å²) in [5.74, 6) is 0.660. The third kappa shape index (κ3) is 6.18. The first-order valence-corrected chi connectivity index (χ1v) is 7.83. The van der Waals surface area contributed by atoms with E-state index in [2.05, 4.69) is 5.32 Å². The van der Waals surface area contributed by atoms with Gasteiger partial charge in [-0.15, -0.1) is 0 Å². The molecule has 0 bridgehead atoms. The Morgan fingerprint density at radius 1 is 0.880 bits per heavy atom. The van der Waals surface area contributed by atoms with Crippen molar-refractivity contribution in [1.82, 2.24) is 0 Å². The van der Waals surface area contributed by atoms with Crippen molar-refractivity contribution < 1.29 is 23.8 Å². The molecule has 0 aromatic heterocycles. The van der Waals surface area contributed by atoms with Crippen LogP contribution in [0.4, 0.5) is 5.69 Å². The summed E-state index contributed by atoms with van der Waals surface area (Å²) in [6, 6.07) is 14.3. The standard InChI is InChI=1S/C19H21NO5/c1-23-16-8-3-14(4-9-16)5-12-19(22)25-13-18(21)20-15-6-10-17(24-2)11-7-15/h3-4,6-11H,5,12-13H2,1-2H3,(H,20,21).